The van der Waals surface area contributed by atoms with Gasteiger partial charge in [-0.3, -0.25) is 19.0 Å². The average molecular weight is 357 g/mol. The Morgan fingerprint density at radius 1 is 1.04 bits per heavy atom. The first-order valence-corrected chi connectivity index (χ1v) is 8.55. The summed E-state index contributed by atoms with van der Waals surface area (Å²) in [6.07, 6.45) is 1.92. The number of carbonyl (C=O) groups is 2. The summed E-state index contributed by atoms with van der Waals surface area (Å²) in [4.78, 5) is 38.7. The van der Waals surface area contributed by atoms with E-state index in [0.29, 0.717) is 13.1 Å². The van der Waals surface area contributed by atoms with Crippen LogP contribution in [-0.2, 0) is 17.9 Å². The molecular formula is C19H20FN3O3. The molecule has 6 nitrogen and oxygen atoms in total. The van der Waals surface area contributed by atoms with Crippen molar-refractivity contribution in [3.8, 4) is 0 Å². The Labute approximate surface area is 150 Å². The molecule has 2 heterocycles. The first-order chi connectivity index (χ1) is 12.5. The van der Waals surface area contributed by atoms with E-state index in [4.69, 9.17) is 0 Å². The van der Waals surface area contributed by atoms with E-state index < -0.39 is 11.5 Å². The SMILES string of the molecule is O=C(NCc1ccc(F)cc1)c1cccc(=O)n1CC(=O)N1CCCC1. The highest BCUT2D eigenvalue weighted by Gasteiger charge is 2.21. The lowest BCUT2D eigenvalue weighted by Crippen LogP contribution is -2.38. The number of carbonyl (C=O) groups excluding carboxylic acids is 2. The highest BCUT2D eigenvalue weighted by Crippen LogP contribution is 2.09. The van der Waals surface area contributed by atoms with Crippen LogP contribution in [-0.4, -0.2) is 34.4 Å². The van der Waals surface area contributed by atoms with E-state index >= 15 is 0 Å². The van der Waals surface area contributed by atoms with Crippen molar-refractivity contribution >= 4 is 11.8 Å². The average Bonchev–Trinajstić information content (AvgIpc) is 3.17. The van der Waals surface area contributed by atoms with Gasteiger partial charge in [-0.2, -0.15) is 0 Å². The predicted octanol–water partition coefficient (Wildman–Crippen LogP) is 1.54. The number of amides is 2. The molecule has 1 aliphatic heterocycles. The molecule has 0 unspecified atom stereocenters. The van der Waals surface area contributed by atoms with Gasteiger partial charge in [0.25, 0.3) is 11.5 Å². The Hall–Kier alpha value is -2.96. The predicted molar refractivity (Wildman–Crippen MR) is 94.1 cm³/mol. The number of halogens is 1. The molecule has 0 atom stereocenters. The van der Waals surface area contributed by atoms with Gasteiger partial charge < -0.3 is 10.2 Å². The van der Waals surface area contributed by atoms with Gasteiger partial charge in [0.1, 0.15) is 18.1 Å². The van der Waals surface area contributed by atoms with Gasteiger partial charge >= 0.3 is 0 Å². The van der Waals surface area contributed by atoms with Gasteiger partial charge in [-0.05, 0) is 36.6 Å². The lowest BCUT2D eigenvalue weighted by molar-refractivity contribution is -0.130. The van der Waals surface area contributed by atoms with Gasteiger partial charge in [0, 0.05) is 25.7 Å². The molecule has 0 spiro atoms. The smallest absolute Gasteiger partial charge is 0.268 e. The molecule has 0 saturated carbocycles. The first kappa shape index (κ1) is 17.8. The number of hydrogen-bond acceptors (Lipinski definition) is 3. The van der Waals surface area contributed by atoms with Crippen molar-refractivity contribution in [1.29, 1.82) is 0 Å². The zero-order valence-electron chi connectivity index (χ0n) is 14.3. The summed E-state index contributed by atoms with van der Waals surface area (Å²) < 4.78 is 14.1. The standard InChI is InChI=1S/C19H20FN3O3/c20-15-8-6-14(7-9-15)12-21-19(26)16-4-3-5-17(24)23(16)13-18(25)22-10-1-2-11-22/h3-9H,1-2,10-13H2,(H,21,26). The number of aromatic nitrogens is 1. The summed E-state index contributed by atoms with van der Waals surface area (Å²) in [7, 11) is 0. The van der Waals surface area contributed by atoms with Crippen molar-refractivity contribution in [2.45, 2.75) is 25.9 Å². The fraction of sp³-hybridized carbons (Fsp3) is 0.316. The van der Waals surface area contributed by atoms with Gasteiger partial charge in [-0.1, -0.05) is 18.2 Å². The first-order valence-electron chi connectivity index (χ1n) is 8.55. The molecule has 7 heteroatoms. The minimum atomic E-state index is -0.457. The molecule has 0 aliphatic carbocycles. The van der Waals surface area contributed by atoms with Crippen molar-refractivity contribution < 1.29 is 14.0 Å². The second kappa shape index (κ2) is 7.95. The van der Waals surface area contributed by atoms with Crippen LogP contribution in [0, 0.1) is 5.82 Å². The van der Waals surface area contributed by atoms with E-state index in [1.165, 1.54) is 34.9 Å². The zero-order chi connectivity index (χ0) is 18.5. The summed E-state index contributed by atoms with van der Waals surface area (Å²) in [5.74, 6) is -0.970. The maximum Gasteiger partial charge on any atom is 0.268 e. The number of hydrogen-bond donors (Lipinski definition) is 1. The number of nitrogens with zero attached hydrogens (tertiary/aromatic N) is 2. The molecule has 1 aromatic carbocycles. The van der Waals surface area contributed by atoms with Crippen LogP contribution in [0.25, 0.3) is 0 Å². The second-order valence-corrected chi connectivity index (χ2v) is 6.23. The van der Waals surface area contributed by atoms with Gasteiger partial charge in [0.2, 0.25) is 5.91 Å². The van der Waals surface area contributed by atoms with Crippen LogP contribution in [0.15, 0.2) is 47.3 Å². The summed E-state index contributed by atoms with van der Waals surface area (Å²) in [5, 5.41) is 2.70. The van der Waals surface area contributed by atoms with Crippen LogP contribution in [0.5, 0.6) is 0 Å². The molecule has 0 bridgehead atoms. The molecule has 1 N–H and O–H groups in total. The van der Waals surface area contributed by atoms with Gasteiger partial charge in [0.05, 0.1) is 0 Å². The van der Waals surface area contributed by atoms with Crippen molar-refractivity contribution in [2.75, 3.05) is 13.1 Å². The Bertz CT molecular complexity index is 855. The van der Waals surface area contributed by atoms with Gasteiger partial charge in [0.15, 0.2) is 0 Å². The third kappa shape index (κ3) is 4.17. The molecular weight excluding hydrogens is 337 g/mol. The van der Waals surface area contributed by atoms with Crippen LogP contribution in [0.2, 0.25) is 0 Å². The van der Waals surface area contributed by atoms with E-state index in [1.54, 1.807) is 17.0 Å². The van der Waals surface area contributed by atoms with Crippen molar-refractivity contribution in [2.24, 2.45) is 0 Å². The van der Waals surface area contributed by atoms with Crippen LogP contribution in [0.4, 0.5) is 4.39 Å². The highest BCUT2D eigenvalue weighted by atomic mass is 19.1. The fourth-order valence-corrected chi connectivity index (χ4v) is 2.96. The third-order valence-electron chi connectivity index (χ3n) is 4.40. The molecule has 26 heavy (non-hydrogen) atoms. The summed E-state index contributed by atoms with van der Waals surface area (Å²) in [6, 6.07) is 10.1. The lowest BCUT2D eigenvalue weighted by atomic mass is 10.2. The maximum absolute atomic E-state index is 12.9. The van der Waals surface area contributed by atoms with Crippen molar-refractivity contribution in [3.05, 3.63) is 69.9 Å². The van der Waals surface area contributed by atoms with E-state index in [-0.39, 0.29) is 30.5 Å². The van der Waals surface area contributed by atoms with Crippen LogP contribution in [0.1, 0.15) is 28.9 Å². The van der Waals surface area contributed by atoms with E-state index in [0.717, 1.165) is 18.4 Å². The highest BCUT2D eigenvalue weighted by molar-refractivity contribution is 5.93. The van der Waals surface area contributed by atoms with Crippen LogP contribution in [0.3, 0.4) is 0 Å². The number of benzene rings is 1. The Morgan fingerprint density at radius 2 is 1.73 bits per heavy atom. The fourth-order valence-electron chi connectivity index (χ4n) is 2.96. The molecule has 1 aromatic heterocycles. The zero-order valence-corrected chi connectivity index (χ0v) is 14.3. The molecule has 2 aromatic rings. The maximum atomic E-state index is 12.9. The molecule has 1 saturated heterocycles. The summed E-state index contributed by atoms with van der Waals surface area (Å²) in [6.45, 7) is 1.42. The summed E-state index contributed by atoms with van der Waals surface area (Å²) in [5.41, 5.74) is 0.469. The van der Waals surface area contributed by atoms with Crippen LogP contribution < -0.4 is 10.9 Å². The van der Waals surface area contributed by atoms with E-state index in [1.807, 2.05) is 0 Å². The quantitative estimate of drug-likeness (QED) is 0.882. The Kier molecular flexibility index (Phi) is 5.46. The molecule has 3 rings (SSSR count). The summed E-state index contributed by atoms with van der Waals surface area (Å²) >= 11 is 0. The third-order valence-corrected chi connectivity index (χ3v) is 4.40. The van der Waals surface area contributed by atoms with E-state index in [2.05, 4.69) is 5.32 Å². The number of likely N-dealkylation sites (tertiary alicyclic amines) is 1. The van der Waals surface area contributed by atoms with Crippen molar-refractivity contribution in [1.82, 2.24) is 14.8 Å². The Morgan fingerprint density at radius 3 is 2.42 bits per heavy atom. The van der Waals surface area contributed by atoms with Crippen molar-refractivity contribution in [3.63, 3.8) is 0 Å². The van der Waals surface area contributed by atoms with Crippen LogP contribution >= 0.6 is 0 Å². The minimum absolute atomic E-state index is 0.132. The molecule has 1 fully saturated rings. The molecule has 0 radical (unpaired) electrons. The molecule has 1 aliphatic rings. The molecule has 2 amide bonds. The van der Waals surface area contributed by atoms with Gasteiger partial charge in [-0.15, -0.1) is 0 Å². The minimum Gasteiger partial charge on any atom is -0.347 e. The number of pyridine rings is 1. The normalized spacial score (nSPS) is 13.7. The molecule has 136 valence electrons. The number of nitrogens with one attached hydrogen (secondary N) is 1. The van der Waals surface area contributed by atoms with E-state index in [9.17, 15) is 18.8 Å². The van der Waals surface area contributed by atoms with Gasteiger partial charge in [-0.25, -0.2) is 4.39 Å². The monoisotopic (exact) mass is 357 g/mol. The lowest BCUT2D eigenvalue weighted by Gasteiger charge is -2.18. The number of rotatable bonds is 5. The Balaban J connectivity index is 1.73. The largest absolute Gasteiger partial charge is 0.347 e. The topological polar surface area (TPSA) is 71.4 Å². The second-order valence-electron chi connectivity index (χ2n) is 6.23.